The molecule has 1 amide bonds. The Morgan fingerprint density at radius 2 is 2.14 bits per heavy atom. The number of thiocarbonyl (C=S) groups is 1. The lowest BCUT2D eigenvalue weighted by Gasteiger charge is -2.14. The standard InChI is InChI=1S/C13H8ClNO5S2/c14-7-3-9-8(19-5-20-9)1-6(7)2-10-12(18)15(4-11(16)17)13(21)22-10/h1-3H,4-5H2,(H,16,17)/p-1/b10-2+. The Morgan fingerprint density at radius 3 is 2.82 bits per heavy atom. The third-order valence-corrected chi connectivity index (χ3v) is 4.64. The molecule has 1 aromatic carbocycles. The van der Waals surface area contributed by atoms with Gasteiger partial charge in [-0.1, -0.05) is 35.6 Å². The summed E-state index contributed by atoms with van der Waals surface area (Å²) in [7, 11) is 0. The van der Waals surface area contributed by atoms with Gasteiger partial charge in [-0.15, -0.1) is 0 Å². The maximum absolute atomic E-state index is 12.2. The fraction of sp³-hybridized carbons (Fsp3) is 0.154. The van der Waals surface area contributed by atoms with Gasteiger partial charge in [0.25, 0.3) is 5.91 Å². The van der Waals surface area contributed by atoms with E-state index < -0.39 is 18.4 Å². The summed E-state index contributed by atoms with van der Waals surface area (Å²) in [5.41, 5.74) is 0.555. The van der Waals surface area contributed by atoms with Gasteiger partial charge in [0.1, 0.15) is 4.32 Å². The Kier molecular flexibility index (Phi) is 3.98. The van der Waals surface area contributed by atoms with Gasteiger partial charge in [0.2, 0.25) is 6.79 Å². The largest absolute Gasteiger partial charge is 0.548 e. The molecule has 1 fully saturated rings. The average molecular weight is 357 g/mol. The highest BCUT2D eigenvalue weighted by atomic mass is 35.5. The van der Waals surface area contributed by atoms with E-state index in [1.165, 1.54) is 0 Å². The first-order chi connectivity index (χ1) is 10.5. The molecule has 2 heterocycles. The monoisotopic (exact) mass is 356 g/mol. The first-order valence-electron chi connectivity index (χ1n) is 6.00. The number of carboxylic acids is 1. The smallest absolute Gasteiger partial charge is 0.266 e. The second-order valence-corrected chi connectivity index (χ2v) is 6.45. The lowest BCUT2D eigenvalue weighted by Crippen LogP contribution is -2.40. The molecule has 0 aliphatic carbocycles. The molecule has 0 spiro atoms. The summed E-state index contributed by atoms with van der Waals surface area (Å²) < 4.78 is 10.6. The third kappa shape index (κ3) is 2.77. The molecule has 0 bridgehead atoms. The summed E-state index contributed by atoms with van der Waals surface area (Å²) in [5.74, 6) is -0.806. The summed E-state index contributed by atoms with van der Waals surface area (Å²) in [5, 5.41) is 11.0. The van der Waals surface area contributed by atoms with Gasteiger partial charge < -0.3 is 19.4 Å². The molecule has 1 aromatic rings. The Labute approximate surface area is 139 Å². The minimum absolute atomic E-state index is 0.114. The fourth-order valence-corrected chi connectivity index (χ4v) is 3.40. The SMILES string of the molecule is O=C([O-])CN1C(=O)/C(=C\c2cc3c(cc2Cl)OCO3)SC1=S. The van der Waals surface area contributed by atoms with Crippen molar-refractivity contribution in [3.05, 3.63) is 27.6 Å². The maximum Gasteiger partial charge on any atom is 0.266 e. The van der Waals surface area contributed by atoms with Crippen LogP contribution >= 0.6 is 35.6 Å². The molecule has 0 unspecified atom stereocenters. The minimum Gasteiger partial charge on any atom is -0.548 e. The van der Waals surface area contributed by atoms with Crippen molar-refractivity contribution in [1.29, 1.82) is 0 Å². The lowest BCUT2D eigenvalue weighted by molar-refractivity contribution is -0.305. The zero-order valence-corrected chi connectivity index (χ0v) is 13.2. The van der Waals surface area contributed by atoms with Gasteiger partial charge in [-0.2, -0.15) is 0 Å². The Balaban J connectivity index is 1.91. The van der Waals surface area contributed by atoms with Crippen molar-refractivity contribution in [3.8, 4) is 11.5 Å². The molecule has 9 heteroatoms. The minimum atomic E-state index is -1.38. The molecule has 2 aliphatic rings. The van der Waals surface area contributed by atoms with Gasteiger partial charge in [-0.25, -0.2) is 0 Å². The van der Waals surface area contributed by atoms with E-state index in [9.17, 15) is 14.7 Å². The van der Waals surface area contributed by atoms with E-state index in [-0.39, 0.29) is 16.0 Å². The molecular weight excluding hydrogens is 350 g/mol. The number of thioether (sulfide) groups is 1. The van der Waals surface area contributed by atoms with Gasteiger partial charge in [0.05, 0.1) is 22.4 Å². The molecule has 0 N–H and O–H groups in total. The second kappa shape index (κ2) is 5.79. The van der Waals surface area contributed by atoms with Gasteiger partial charge in [0.15, 0.2) is 11.5 Å². The Bertz CT molecular complexity index is 733. The van der Waals surface area contributed by atoms with E-state index in [2.05, 4.69) is 0 Å². The van der Waals surface area contributed by atoms with Crippen molar-refractivity contribution < 1.29 is 24.2 Å². The predicted octanol–water partition coefficient (Wildman–Crippen LogP) is 1.02. The zero-order chi connectivity index (χ0) is 15.9. The van der Waals surface area contributed by atoms with Crippen LogP contribution < -0.4 is 14.6 Å². The summed E-state index contributed by atoms with van der Waals surface area (Å²) in [4.78, 5) is 24.1. The number of carboxylic acid groups (broad SMARTS) is 1. The summed E-state index contributed by atoms with van der Waals surface area (Å²) >= 11 is 12.1. The molecule has 2 aliphatic heterocycles. The van der Waals surface area contributed by atoms with Crippen LogP contribution in [0.5, 0.6) is 11.5 Å². The highest BCUT2D eigenvalue weighted by Crippen LogP contribution is 2.39. The first kappa shape index (κ1) is 15.1. The van der Waals surface area contributed by atoms with Crippen LogP contribution in [-0.2, 0) is 9.59 Å². The number of hydrogen-bond donors (Lipinski definition) is 0. The van der Waals surface area contributed by atoms with Crippen LogP contribution in [-0.4, -0.2) is 34.4 Å². The van der Waals surface area contributed by atoms with Gasteiger partial charge >= 0.3 is 0 Å². The Morgan fingerprint density at radius 1 is 1.45 bits per heavy atom. The molecule has 114 valence electrons. The van der Waals surface area contributed by atoms with Crippen LogP contribution in [0.4, 0.5) is 0 Å². The Hall–Kier alpha value is -1.77. The summed E-state index contributed by atoms with van der Waals surface area (Å²) in [6.07, 6.45) is 1.54. The van der Waals surface area contributed by atoms with Crippen LogP contribution in [0.25, 0.3) is 6.08 Å². The highest BCUT2D eigenvalue weighted by Gasteiger charge is 2.32. The molecular formula is C13H7ClNO5S2-. The van der Waals surface area contributed by atoms with Crippen LogP contribution in [0.1, 0.15) is 5.56 Å². The van der Waals surface area contributed by atoms with Crippen LogP contribution in [0.3, 0.4) is 0 Å². The normalized spacial score (nSPS) is 18.4. The fourth-order valence-electron chi connectivity index (χ4n) is 1.95. The molecule has 0 radical (unpaired) electrons. The number of ether oxygens (including phenoxy) is 2. The topological polar surface area (TPSA) is 78.9 Å². The number of halogens is 1. The molecule has 22 heavy (non-hydrogen) atoms. The van der Waals surface area contributed by atoms with Crippen molar-refractivity contribution in [3.63, 3.8) is 0 Å². The van der Waals surface area contributed by atoms with Crippen molar-refractivity contribution in [2.24, 2.45) is 0 Å². The lowest BCUT2D eigenvalue weighted by atomic mass is 10.2. The number of amides is 1. The van der Waals surface area contributed by atoms with Crippen LogP contribution in [0.15, 0.2) is 17.0 Å². The van der Waals surface area contributed by atoms with E-state index >= 15 is 0 Å². The second-order valence-electron chi connectivity index (χ2n) is 4.37. The number of aliphatic carboxylic acids is 1. The molecule has 6 nitrogen and oxygen atoms in total. The molecule has 0 aromatic heterocycles. The molecule has 3 rings (SSSR count). The average Bonchev–Trinajstić information content (AvgIpc) is 2.99. The number of benzene rings is 1. The van der Waals surface area contributed by atoms with E-state index in [1.807, 2.05) is 0 Å². The quantitative estimate of drug-likeness (QED) is 0.591. The zero-order valence-electron chi connectivity index (χ0n) is 10.8. The number of carbonyl (C=O) groups excluding carboxylic acids is 2. The summed E-state index contributed by atoms with van der Waals surface area (Å²) in [6, 6.07) is 3.24. The maximum atomic E-state index is 12.2. The van der Waals surface area contributed by atoms with E-state index in [0.717, 1.165) is 16.7 Å². The van der Waals surface area contributed by atoms with Crippen LogP contribution in [0, 0.1) is 0 Å². The van der Waals surface area contributed by atoms with Gasteiger partial charge in [-0.05, 0) is 17.7 Å². The van der Waals surface area contributed by atoms with E-state index in [4.69, 9.17) is 33.3 Å². The molecule has 0 atom stereocenters. The van der Waals surface area contributed by atoms with Gasteiger partial charge in [0, 0.05) is 6.07 Å². The number of rotatable bonds is 3. The van der Waals surface area contributed by atoms with E-state index in [0.29, 0.717) is 22.1 Å². The number of carbonyl (C=O) groups is 2. The van der Waals surface area contributed by atoms with Crippen molar-refractivity contribution >= 4 is 57.9 Å². The summed E-state index contributed by atoms with van der Waals surface area (Å²) in [6.45, 7) is -0.459. The number of fused-ring (bicyclic) bond motifs is 1. The van der Waals surface area contributed by atoms with Gasteiger partial charge in [-0.3, -0.25) is 9.69 Å². The predicted molar refractivity (Wildman–Crippen MR) is 82.5 cm³/mol. The van der Waals surface area contributed by atoms with Crippen molar-refractivity contribution in [1.82, 2.24) is 4.90 Å². The first-order valence-corrected chi connectivity index (χ1v) is 7.60. The molecule has 0 saturated carbocycles. The van der Waals surface area contributed by atoms with Crippen molar-refractivity contribution in [2.75, 3.05) is 13.3 Å². The van der Waals surface area contributed by atoms with Crippen LogP contribution in [0.2, 0.25) is 5.02 Å². The van der Waals surface area contributed by atoms with E-state index in [1.54, 1.807) is 18.2 Å². The molecule has 1 saturated heterocycles. The highest BCUT2D eigenvalue weighted by molar-refractivity contribution is 8.26. The van der Waals surface area contributed by atoms with Crippen molar-refractivity contribution in [2.45, 2.75) is 0 Å². The third-order valence-electron chi connectivity index (χ3n) is 2.94. The number of hydrogen-bond acceptors (Lipinski definition) is 7. The number of nitrogens with zero attached hydrogens (tertiary/aromatic N) is 1.